The minimum absolute atomic E-state index is 0.151. The number of anilines is 1. The number of para-hydroxylation sites is 1. The summed E-state index contributed by atoms with van der Waals surface area (Å²) >= 11 is 2.94. The first-order valence-electron chi connectivity index (χ1n) is 9.45. The third-order valence-corrected chi connectivity index (χ3v) is 6.30. The van der Waals surface area contributed by atoms with Crippen molar-refractivity contribution in [2.75, 3.05) is 11.1 Å². The Hall–Kier alpha value is -2.65. The third kappa shape index (κ3) is 4.68. The number of carbonyl (C=O) groups is 2. The van der Waals surface area contributed by atoms with E-state index < -0.39 is 0 Å². The van der Waals surface area contributed by atoms with E-state index in [0.29, 0.717) is 23.0 Å². The molecule has 29 heavy (non-hydrogen) atoms. The molecule has 0 saturated heterocycles. The van der Waals surface area contributed by atoms with Gasteiger partial charge in [-0.05, 0) is 43.3 Å². The van der Waals surface area contributed by atoms with Crippen LogP contribution in [0.15, 0.2) is 46.9 Å². The second-order valence-electron chi connectivity index (χ2n) is 6.66. The van der Waals surface area contributed by atoms with Gasteiger partial charge < -0.3 is 15.2 Å². The van der Waals surface area contributed by atoms with Gasteiger partial charge in [-0.15, -0.1) is 21.5 Å². The number of nitrogens with zero attached hydrogens (tertiary/aromatic N) is 3. The summed E-state index contributed by atoms with van der Waals surface area (Å²) in [5.74, 6) is 0.654. The molecule has 4 rings (SSSR count). The lowest BCUT2D eigenvalue weighted by molar-refractivity contribution is -0.113. The van der Waals surface area contributed by atoms with Gasteiger partial charge in [-0.25, -0.2) is 0 Å². The molecule has 7 nitrogen and oxygen atoms in total. The third-order valence-electron chi connectivity index (χ3n) is 4.47. The van der Waals surface area contributed by atoms with Crippen molar-refractivity contribution in [3.63, 3.8) is 0 Å². The molecule has 1 aliphatic rings. The number of rotatable bonds is 8. The Kier molecular flexibility index (Phi) is 5.96. The second kappa shape index (κ2) is 8.79. The van der Waals surface area contributed by atoms with Crippen LogP contribution in [0.3, 0.4) is 0 Å². The molecule has 1 fully saturated rings. The number of carbonyl (C=O) groups excluding carboxylic acids is 2. The van der Waals surface area contributed by atoms with Crippen LogP contribution >= 0.6 is 23.1 Å². The van der Waals surface area contributed by atoms with E-state index in [4.69, 9.17) is 0 Å². The lowest BCUT2D eigenvalue weighted by atomic mass is 10.1. The van der Waals surface area contributed by atoms with Crippen LogP contribution in [0, 0.1) is 0 Å². The molecule has 2 N–H and O–H groups in total. The molecule has 0 radical (unpaired) electrons. The minimum atomic E-state index is -0.190. The largest absolute Gasteiger partial charge is 0.349 e. The maximum Gasteiger partial charge on any atom is 0.253 e. The van der Waals surface area contributed by atoms with Gasteiger partial charge in [0.1, 0.15) is 0 Å². The van der Waals surface area contributed by atoms with Gasteiger partial charge in [-0.2, -0.15) is 0 Å². The van der Waals surface area contributed by atoms with E-state index in [-0.39, 0.29) is 23.6 Å². The zero-order valence-corrected chi connectivity index (χ0v) is 17.6. The normalized spacial score (nSPS) is 13.3. The van der Waals surface area contributed by atoms with Gasteiger partial charge in [0.15, 0.2) is 11.0 Å². The second-order valence-corrected chi connectivity index (χ2v) is 8.55. The smallest absolute Gasteiger partial charge is 0.253 e. The molecule has 150 valence electrons. The van der Waals surface area contributed by atoms with E-state index >= 15 is 0 Å². The van der Waals surface area contributed by atoms with E-state index in [0.717, 1.165) is 23.5 Å². The van der Waals surface area contributed by atoms with Gasteiger partial charge in [0.05, 0.1) is 21.9 Å². The highest BCUT2D eigenvalue weighted by atomic mass is 32.2. The summed E-state index contributed by atoms with van der Waals surface area (Å²) in [6.07, 6.45) is 2.03. The first-order valence-corrected chi connectivity index (χ1v) is 11.3. The zero-order chi connectivity index (χ0) is 20.2. The van der Waals surface area contributed by atoms with E-state index in [1.165, 1.54) is 11.8 Å². The number of aromatic nitrogens is 3. The summed E-state index contributed by atoms with van der Waals surface area (Å²) in [7, 11) is 0. The molecule has 2 aromatic heterocycles. The van der Waals surface area contributed by atoms with E-state index in [2.05, 4.69) is 20.8 Å². The van der Waals surface area contributed by atoms with Gasteiger partial charge in [-0.1, -0.05) is 30.0 Å². The van der Waals surface area contributed by atoms with E-state index in [1.54, 1.807) is 35.6 Å². The van der Waals surface area contributed by atoms with Crippen LogP contribution in [0.5, 0.6) is 0 Å². The minimum Gasteiger partial charge on any atom is -0.349 e. The molecule has 1 aliphatic carbocycles. The SMILES string of the molecule is CCn1c(SCC(=O)Nc2ccccc2C(=O)NC2CC2)nnc1-c1cccs1. The number of hydrogen-bond acceptors (Lipinski definition) is 6. The highest BCUT2D eigenvalue weighted by Gasteiger charge is 2.25. The van der Waals surface area contributed by atoms with Crippen LogP contribution in [-0.2, 0) is 11.3 Å². The molecule has 0 atom stereocenters. The topological polar surface area (TPSA) is 88.9 Å². The molecule has 3 aromatic rings. The van der Waals surface area contributed by atoms with Gasteiger partial charge in [0.2, 0.25) is 5.91 Å². The number of thiophene rings is 1. The zero-order valence-electron chi connectivity index (χ0n) is 15.9. The Morgan fingerprint density at radius 1 is 1.21 bits per heavy atom. The van der Waals surface area contributed by atoms with Gasteiger partial charge in [-0.3, -0.25) is 9.59 Å². The van der Waals surface area contributed by atoms with E-state index in [9.17, 15) is 9.59 Å². The Morgan fingerprint density at radius 2 is 2.03 bits per heavy atom. The Labute approximate surface area is 176 Å². The summed E-state index contributed by atoms with van der Waals surface area (Å²) in [5, 5.41) is 17.0. The monoisotopic (exact) mass is 427 g/mol. The standard InChI is InChI=1S/C20H21N5O2S2/c1-2-25-18(16-8-5-11-28-16)23-24-20(25)29-12-17(26)22-15-7-4-3-6-14(15)19(27)21-13-9-10-13/h3-8,11,13H,2,9-10,12H2,1H3,(H,21,27)(H,22,26). The maximum atomic E-state index is 12.5. The van der Waals surface area contributed by atoms with Gasteiger partial charge in [0.25, 0.3) is 5.91 Å². The number of amides is 2. The average molecular weight is 428 g/mol. The Bertz CT molecular complexity index is 1010. The lowest BCUT2D eigenvalue weighted by Gasteiger charge is -2.11. The fourth-order valence-corrected chi connectivity index (χ4v) is 4.39. The molecule has 0 unspecified atom stereocenters. The summed E-state index contributed by atoms with van der Waals surface area (Å²) < 4.78 is 2.00. The number of thioether (sulfide) groups is 1. The predicted octanol–water partition coefficient (Wildman–Crippen LogP) is 3.65. The molecule has 1 saturated carbocycles. The van der Waals surface area contributed by atoms with Crippen molar-refractivity contribution in [1.82, 2.24) is 20.1 Å². The van der Waals surface area contributed by atoms with Crippen molar-refractivity contribution in [3.8, 4) is 10.7 Å². The van der Waals surface area contributed by atoms with Crippen molar-refractivity contribution >= 4 is 40.6 Å². The predicted molar refractivity (Wildman–Crippen MR) is 115 cm³/mol. The molecular formula is C20H21N5O2S2. The van der Waals surface area contributed by atoms with Gasteiger partial charge >= 0.3 is 0 Å². The molecular weight excluding hydrogens is 406 g/mol. The van der Waals surface area contributed by atoms with Crippen LogP contribution in [0.2, 0.25) is 0 Å². The number of nitrogens with one attached hydrogen (secondary N) is 2. The Balaban J connectivity index is 1.41. The van der Waals surface area contributed by atoms with Crippen LogP contribution in [0.1, 0.15) is 30.1 Å². The van der Waals surface area contributed by atoms with Crippen molar-refractivity contribution in [2.45, 2.75) is 37.5 Å². The van der Waals surface area contributed by atoms with Crippen LogP contribution in [-0.4, -0.2) is 38.4 Å². The average Bonchev–Trinajstić information content (AvgIpc) is 3.20. The fourth-order valence-electron chi connectivity index (χ4n) is 2.87. The van der Waals surface area contributed by atoms with Crippen molar-refractivity contribution < 1.29 is 9.59 Å². The van der Waals surface area contributed by atoms with E-state index in [1.807, 2.05) is 29.0 Å². The lowest BCUT2D eigenvalue weighted by Crippen LogP contribution is -2.27. The van der Waals surface area contributed by atoms with Crippen molar-refractivity contribution in [2.24, 2.45) is 0 Å². The number of benzene rings is 1. The van der Waals surface area contributed by atoms with Crippen LogP contribution in [0.25, 0.3) is 10.7 Å². The molecule has 2 amide bonds. The van der Waals surface area contributed by atoms with Crippen molar-refractivity contribution in [3.05, 3.63) is 47.3 Å². The molecule has 0 spiro atoms. The summed E-state index contributed by atoms with van der Waals surface area (Å²) in [5.41, 5.74) is 1.00. The van der Waals surface area contributed by atoms with Crippen LogP contribution in [0.4, 0.5) is 5.69 Å². The van der Waals surface area contributed by atoms with Crippen molar-refractivity contribution in [1.29, 1.82) is 0 Å². The highest BCUT2D eigenvalue weighted by Crippen LogP contribution is 2.27. The fraction of sp³-hybridized carbons (Fsp3) is 0.300. The summed E-state index contributed by atoms with van der Waals surface area (Å²) in [6, 6.07) is 11.3. The summed E-state index contributed by atoms with van der Waals surface area (Å²) in [6.45, 7) is 2.74. The number of hydrogen-bond donors (Lipinski definition) is 2. The molecule has 9 heteroatoms. The molecule has 2 heterocycles. The molecule has 0 aliphatic heterocycles. The Morgan fingerprint density at radius 3 is 2.76 bits per heavy atom. The summed E-state index contributed by atoms with van der Waals surface area (Å²) in [4.78, 5) is 25.9. The quantitative estimate of drug-likeness (QED) is 0.536. The van der Waals surface area contributed by atoms with Crippen LogP contribution < -0.4 is 10.6 Å². The first kappa shape index (κ1) is 19.7. The first-order chi connectivity index (χ1) is 14.2. The highest BCUT2D eigenvalue weighted by molar-refractivity contribution is 7.99. The van der Waals surface area contributed by atoms with Gasteiger partial charge in [0, 0.05) is 12.6 Å². The molecule has 1 aromatic carbocycles. The maximum absolute atomic E-state index is 12.5. The molecule has 0 bridgehead atoms.